The molecule has 1 spiro atoms. The second kappa shape index (κ2) is 1.28. The molecule has 1 aliphatic heterocycles. The van der Waals surface area contributed by atoms with Gasteiger partial charge in [0.25, 0.3) is 0 Å². The van der Waals surface area contributed by atoms with E-state index in [1.807, 2.05) is 0 Å². The molecule has 3 aliphatic rings. The Labute approximate surface area is 60.8 Å². The van der Waals surface area contributed by atoms with Gasteiger partial charge in [0, 0.05) is 17.5 Å². The van der Waals surface area contributed by atoms with Crippen LogP contribution in [0, 0.1) is 5.41 Å². The first-order chi connectivity index (χ1) is 4.77. The molecule has 56 valence electrons. The molecule has 0 bridgehead atoms. The fourth-order valence-electron chi connectivity index (χ4n) is 3.36. The summed E-state index contributed by atoms with van der Waals surface area (Å²) in [6, 6.07) is 1.50. The van der Waals surface area contributed by atoms with E-state index >= 15 is 0 Å². The van der Waals surface area contributed by atoms with Gasteiger partial charge in [-0.3, -0.25) is 4.90 Å². The Morgan fingerprint density at radius 3 is 2.60 bits per heavy atom. The SMILES string of the molecule is CN1C2CCC23C(O)CC13. The summed E-state index contributed by atoms with van der Waals surface area (Å²) in [5.41, 5.74) is 0.411. The average molecular weight is 139 g/mol. The monoisotopic (exact) mass is 139 g/mol. The van der Waals surface area contributed by atoms with Gasteiger partial charge in [-0.1, -0.05) is 0 Å². The molecule has 0 amide bonds. The lowest BCUT2D eigenvalue weighted by Gasteiger charge is -2.78. The summed E-state index contributed by atoms with van der Waals surface area (Å²) in [6.07, 6.45) is 3.69. The summed E-state index contributed by atoms with van der Waals surface area (Å²) in [4.78, 5) is 2.44. The maximum Gasteiger partial charge on any atom is 0.0641 e. The number of likely N-dealkylation sites (tertiary alicyclic amines) is 1. The van der Waals surface area contributed by atoms with Crippen molar-refractivity contribution in [2.45, 2.75) is 37.5 Å². The molecule has 1 saturated heterocycles. The van der Waals surface area contributed by atoms with Crippen molar-refractivity contribution >= 4 is 0 Å². The predicted octanol–water partition coefficient (Wildman–Crippen LogP) is 0.214. The van der Waals surface area contributed by atoms with Gasteiger partial charge in [0.05, 0.1) is 6.10 Å². The molecular formula is C8H13NO. The van der Waals surface area contributed by atoms with E-state index < -0.39 is 0 Å². The van der Waals surface area contributed by atoms with Crippen molar-refractivity contribution in [3.05, 3.63) is 0 Å². The van der Waals surface area contributed by atoms with Gasteiger partial charge in [0.15, 0.2) is 0 Å². The highest BCUT2D eigenvalue weighted by atomic mass is 16.3. The number of hydrogen-bond acceptors (Lipinski definition) is 2. The van der Waals surface area contributed by atoms with E-state index in [9.17, 15) is 5.11 Å². The van der Waals surface area contributed by atoms with Crippen molar-refractivity contribution in [1.29, 1.82) is 0 Å². The van der Waals surface area contributed by atoms with Gasteiger partial charge < -0.3 is 5.11 Å². The van der Waals surface area contributed by atoms with Crippen LogP contribution in [-0.4, -0.2) is 35.2 Å². The topological polar surface area (TPSA) is 23.5 Å². The third-order valence-corrected chi connectivity index (χ3v) is 4.14. The Morgan fingerprint density at radius 2 is 2.30 bits per heavy atom. The van der Waals surface area contributed by atoms with Crippen LogP contribution in [0.3, 0.4) is 0 Å². The second-order valence-electron chi connectivity index (χ2n) is 4.10. The summed E-state index contributed by atoms with van der Waals surface area (Å²) in [5.74, 6) is 0. The fourth-order valence-corrected chi connectivity index (χ4v) is 3.36. The van der Waals surface area contributed by atoms with Crippen LogP contribution in [-0.2, 0) is 0 Å². The van der Waals surface area contributed by atoms with E-state index in [2.05, 4.69) is 11.9 Å². The minimum absolute atomic E-state index is 0.0486. The average Bonchev–Trinajstić information content (AvgIpc) is 1.79. The minimum Gasteiger partial charge on any atom is -0.392 e. The summed E-state index contributed by atoms with van der Waals surface area (Å²) in [5, 5.41) is 9.51. The van der Waals surface area contributed by atoms with Crippen LogP contribution in [0.15, 0.2) is 0 Å². The summed E-state index contributed by atoms with van der Waals surface area (Å²) in [6.45, 7) is 0. The third-order valence-electron chi connectivity index (χ3n) is 4.14. The van der Waals surface area contributed by atoms with Crippen LogP contribution in [0.1, 0.15) is 19.3 Å². The van der Waals surface area contributed by atoms with Crippen molar-refractivity contribution in [1.82, 2.24) is 4.90 Å². The van der Waals surface area contributed by atoms with Crippen molar-refractivity contribution < 1.29 is 5.11 Å². The van der Waals surface area contributed by atoms with Crippen molar-refractivity contribution in [2.75, 3.05) is 7.05 Å². The number of hydrogen-bond donors (Lipinski definition) is 1. The first kappa shape index (κ1) is 5.56. The van der Waals surface area contributed by atoms with Gasteiger partial charge in [-0.2, -0.15) is 0 Å². The van der Waals surface area contributed by atoms with Crippen molar-refractivity contribution in [3.8, 4) is 0 Å². The van der Waals surface area contributed by atoms with Gasteiger partial charge in [-0.15, -0.1) is 0 Å². The molecule has 3 fully saturated rings. The zero-order valence-corrected chi connectivity index (χ0v) is 6.25. The van der Waals surface area contributed by atoms with Crippen molar-refractivity contribution in [2.24, 2.45) is 5.41 Å². The predicted molar refractivity (Wildman–Crippen MR) is 37.6 cm³/mol. The largest absolute Gasteiger partial charge is 0.392 e. The molecule has 0 aromatic carbocycles. The quantitative estimate of drug-likeness (QED) is 0.518. The first-order valence-corrected chi connectivity index (χ1v) is 4.17. The third kappa shape index (κ3) is 0.294. The van der Waals surface area contributed by atoms with Crippen LogP contribution in [0.2, 0.25) is 0 Å². The zero-order chi connectivity index (χ0) is 6.93. The van der Waals surface area contributed by atoms with E-state index in [0.717, 1.165) is 18.5 Å². The van der Waals surface area contributed by atoms with Gasteiger partial charge in [-0.25, -0.2) is 0 Å². The van der Waals surface area contributed by atoms with E-state index in [4.69, 9.17) is 0 Å². The second-order valence-corrected chi connectivity index (χ2v) is 4.10. The highest BCUT2D eigenvalue weighted by Gasteiger charge is 2.73. The molecule has 3 rings (SSSR count). The molecule has 1 heterocycles. The summed E-state index contributed by atoms with van der Waals surface area (Å²) < 4.78 is 0. The summed E-state index contributed by atoms with van der Waals surface area (Å²) in [7, 11) is 2.19. The van der Waals surface area contributed by atoms with Gasteiger partial charge in [0.2, 0.25) is 0 Å². The summed E-state index contributed by atoms with van der Waals surface area (Å²) >= 11 is 0. The van der Waals surface area contributed by atoms with Crippen LogP contribution in [0.4, 0.5) is 0 Å². The van der Waals surface area contributed by atoms with Crippen molar-refractivity contribution in [3.63, 3.8) is 0 Å². The molecule has 2 saturated carbocycles. The van der Waals surface area contributed by atoms with E-state index in [0.29, 0.717) is 5.41 Å². The molecule has 4 unspecified atom stereocenters. The molecule has 4 atom stereocenters. The molecule has 0 aromatic heterocycles. The lowest BCUT2D eigenvalue weighted by atomic mass is 9.41. The number of aliphatic hydroxyl groups is 1. The van der Waals surface area contributed by atoms with Crippen LogP contribution < -0.4 is 0 Å². The molecule has 0 aromatic rings. The zero-order valence-electron chi connectivity index (χ0n) is 6.25. The highest BCUT2D eigenvalue weighted by Crippen LogP contribution is 2.67. The molecular weight excluding hydrogens is 126 g/mol. The Balaban J connectivity index is 1.92. The van der Waals surface area contributed by atoms with E-state index in [1.54, 1.807) is 0 Å². The standard InChI is InChI=1S/C8H13NO/c1-9-5-2-3-8(5)6(9)4-7(8)10/h5-7,10H,2-4H2,1H3. The van der Waals surface area contributed by atoms with Gasteiger partial charge in [-0.05, 0) is 26.3 Å². The lowest BCUT2D eigenvalue weighted by molar-refractivity contribution is -0.311. The first-order valence-electron chi connectivity index (χ1n) is 4.17. The van der Waals surface area contributed by atoms with Crippen LogP contribution >= 0.6 is 0 Å². The van der Waals surface area contributed by atoms with Gasteiger partial charge >= 0.3 is 0 Å². The smallest absolute Gasteiger partial charge is 0.0641 e. The van der Waals surface area contributed by atoms with E-state index in [1.165, 1.54) is 12.8 Å². The molecule has 2 aliphatic carbocycles. The maximum absolute atomic E-state index is 9.51. The Morgan fingerprint density at radius 1 is 1.50 bits per heavy atom. The maximum atomic E-state index is 9.51. The number of rotatable bonds is 0. The number of piperidine rings is 2. The Kier molecular flexibility index (Phi) is 0.710. The van der Waals surface area contributed by atoms with E-state index in [-0.39, 0.29) is 6.10 Å². The van der Waals surface area contributed by atoms with Crippen LogP contribution in [0.5, 0.6) is 0 Å². The Bertz CT molecular complexity index is 186. The number of aliphatic hydroxyl groups excluding tert-OH is 1. The molecule has 10 heavy (non-hydrogen) atoms. The highest BCUT2D eigenvalue weighted by molar-refractivity contribution is 5.26. The Hall–Kier alpha value is -0.0800. The van der Waals surface area contributed by atoms with Crippen LogP contribution in [0.25, 0.3) is 0 Å². The minimum atomic E-state index is 0.0486. The molecule has 2 nitrogen and oxygen atoms in total. The molecule has 0 radical (unpaired) electrons. The van der Waals surface area contributed by atoms with Gasteiger partial charge in [0.1, 0.15) is 0 Å². The fraction of sp³-hybridized carbons (Fsp3) is 1.00. The molecule has 1 N–H and O–H groups in total. The molecule has 2 heteroatoms. The lowest BCUT2D eigenvalue weighted by Crippen LogP contribution is -2.86. The normalized spacial score (nSPS) is 64.8. The number of nitrogens with zero attached hydrogens (tertiary/aromatic N) is 1.